The molecule has 11 heavy (non-hydrogen) atoms. The SMILES string of the molecule is O=C1[C@H]2CC[C@@H]1[C@@H]1CCC[C@@H]12. The van der Waals surface area contributed by atoms with Crippen LogP contribution in [0.3, 0.4) is 0 Å². The molecule has 0 radical (unpaired) electrons. The summed E-state index contributed by atoms with van der Waals surface area (Å²) in [5, 5.41) is 0. The topological polar surface area (TPSA) is 17.1 Å². The van der Waals surface area contributed by atoms with Gasteiger partial charge in [-0.3, -0.25) is 4.79 Å². The summed E-state index contributed by atoms with van der Waals surface area (Å²) in [6, 6.07) is 0. The van der Waals surface area contributed by atoms with Gasteiger partial charge in [-0.25, -0.2) is 0 Å². The Balaban J connectivity index is 1.99. The van der Waals surface area contributed by atoms with Crippen molar-refractivity contribution in [2.45, 2.75) is 32.1 Å². The minimum Gasteiger partial charge on any atom is -0.299 e. The molecule has 3 aliphatic carbocycles. The van der Waals surface area contributed by atoms with Gasteiger partial charge in [0, 0.05) is 11.8 Å². The second kappa shape index (κ2) is 1.88. The highest BCUT2D eigenvalue weighted by Gasteiger charge is 2.54. The van der Waals surface area contributed by atoms with Crippen LogP contribution in [0, 0.1) is 23.7 Å². The molecular weight excluding hydrogens is 136 g/mol. The first-order chi connectivity index (χ1) is 5.38. The van der Waals surface area contributed by atoms with Crippen LogP contribution >= 0.6 is 0 Å². The molecule has 0 aromatic heterocycles. The van der Waals surface area contributed by atoms with Gasteiger partial charge in [-0.2, -0.15) is 0 Å². The highest BCUT2D eigenvalue weighted by atomic mass is 16.1. The standard InChI is InChI=1S/C10H14O/c11-10-8-4-5-9(10)7-3-1-2-6(7)8/h6-9H,1-5H2/t6-,7+,8-,9+. The van der Waals surface area contributed by atoms with Gasteiger partial charge in [0.15, 0.2) is 0 Å². The van der Waals surface area contributed by atoms with E-state index in [1.807, 2.05) is 0 Å². The molecule has 0 amide bonds. The van der Waals surface area contributed by atoms with Crippen molar-refractivity contribution in [2.24, 2.45) is 23.7 Å². The molecule has 4 atom stereocenters. The summed E-state index contributed by atoms with van der Waals surface area (Å²) in [7, 11) is 0. The molecular formula is C10H14O. The van der Waals surface area contributed by atoms with Crippen molar-refractivity contribution in [1.82, 2.24) is 0 Å². The first-order valence-electron chi connectivity index (χ1n) is 4.91. The van der Waals surface area contributed by atoms with Crippen LogP contribution in [-0.2, 0) is 4.79 Å². The number of Topliss-reactive ketones (excluding diaryl/α,β-unsaturated/α-hetero) is 1. The molecule has 1 nitrogen and oxygen atoms in total. The molecule has 0 N–H and O–H groups in total. The average Bonchev–Trinajstić information content (AvgIpc) is 2.61. The zero-order valence-corrected chi connectivity index (χ0v) is 6.75. The van der Waals surface area contributed by atoms with Gasteiger partial charge in [0.1, 0.15) is 5.78 Å². The first-order valence-corrected chi connectivity index (χ1v) is 4.91. The average molecular weight is 150 g/mol. The van der Waals surface area contributed by atoms with E-state index in [1.54, 1.807) is 0 Å². The van der Waals surface area contributed by atoms with Crippen LogP contribution < -0.4 is 0 Å². The molecule has 0 aromatic carbocycles. The van der Waals surface area contributed by atoms with E-state index in [9.17, 15) is 4.79 Å². The predicted molar refractivity (Wildman–Crippen MR) is 42.1 cm³/mol. The lowest BCUT2D eigenvalue weighted by Crippen LogP contribution is -2.15. The van der Waals surface area contributed by atoms with E-state index in [4.69, 9.17) is 0 Å². The number of hydrogen-bond acceptors (Lipinski definition) is 1. The summed E-state index contributed by atoms with van der Waals surface area (Å²) in [4.78, 5) is 11.6. The summed E-state index contributed by atoms with van der Waals surface area (Å²) in [5.41, 5.74) is 0. The van der Waals surface area contributed by atoms with Crippen molar-refractivity contribution in [1.29, 1.82) is 0 Å². The number of hydrogen-bond donors (Lipinski definition) is 0. The molecule has 0 spiro atoms. The van der Waals surface area contributed by atoms with E-state index in [-0.39, 0.29) is 0 Å². The Labute approximate surface area is 67.2 Å². The zero-order chi connectivity index (χ0) is 7.42. The van der Waals surface area contributed by atoms with E-state index < -0.39 is 0 Å². The van der Waals surface area contributed by atoms with Gasteiger partial charge in [0.25, 0.3) is 0 Å². The van der Waals surface area contributed by atoms with Gasteiger partial charge in [-0.15, -0.1) is 0 Å². The van der Waals surface area contributed by atoms with Gasteiger partial charge >= 0.3 is 0 Å². The monoisotopic (exact) mass is 150 g/mol. The minimum atomic E-state index is 0.521. The normalized spacial score (nSPS) is 53.6. The highest BCUT2D eigenvalue weighted by molar-refractivity contribution is 5.88. The van der Waals surface area contributed by atoms with E-state index >= 15 is 0 Å². The third-order valence-electron chi connectivity index (χ3n) is 4.18. The quantitative estimate of drug-likeness (QED) is 0.516. The summed E-state index contributed by atoms with van der Waals surface area (Å²) in [6.07, 6.45) is 6.57. The molecule has 0 aromatic rings. The predicted octanol–water partition coefficient (Wildman–Crippen LogP) is 2.01. The fourth-order valence-electron chi connectivity index (χ4n) is 3.79. The van der Waals surface area contributed by atoms with Gasteiger partial charge < -0.3 is 0 Å². The third kappa shape index (κ3) is 0.605. The number of carbonyl (C=O) groups is 1. The van der Waals surface area contributed by atoms with Crippen molar-refractivity contribution in [3.8, 4) is 0 Å². The maximum absolute atomic E-state index is 11.6. The lowest BCUT2D eigenvalue weighted by molar-refractivity contribution is -0.122. The van der Waals surface area contributed by atoms with Crippen molar-refractivity contribution in [3.05, 3.63) is 0 Å². The van der Waals surface area contributed by atoms with Gasteiger partial charge in [-0.1, -0.05) is 6.42 Å². The number of fused-ring (bicyclic) bond motifs is 5. The van der Waals surface area contributed by atoms with Crippen LogP contribution in [0.15, 0.2) is 0 Å². The fraction of sp³-hybridized carbons (Fsp3) is 0.900. The molecule has 3 rings (SSSR count). The van der Waals surface area contributed by atoms with Gasteiger partial charge in [-0.05, 0) is 37.5 Å². The Morgan fingerprint density at radius 2 is 1.45 bits per heavy atom. The van der Waals surface area contributed by atoms with E-state index in [2.05, 4.69) is 0 Å². The number of rotatable bonds is 0. The van der Waals surface area contributed by atoms with Crippen molar-refractivity contribution in [2.75, 3.05) is 0 Å². The summed E-state index contributed by atoms with van der Waals surface area (Å²) < 4.78 is 0. The summed E-state index contributed by atoms with van der Waals surface area (Å²) in [6.45, 7) is 0. The van der Waals surface area contributed by atoms with E-state index in [0.717, 1.165) is 11.8 Å². The fourth-order valence-corrected chi connectivity index (χ4v) is 3.79. The smallest absolute Gasteiger partial charge is 0.139 e. The molecule has 60 valence electrons. The van der Waals surface area contributed by atoms with Crippen LogP contribution in [0.5, 0.6) is 0 Å². The molecule has 0 saturated heterocycles. The van der Waals surface area contributed by atoms with Crippen molar-refractivity contribution in [3.63, 3.8) is 0 Å². The Hall–Kier alpha value is -0.330. The lowest BCUT2D eigenvalue weighted by Gasteiger charge is -2.21. The molecule has 0 heterocycles. The maximum Gasteiger partial charge on any atom is 0.139 e. The first kappa shape index (κ1) is 6.22. The molecule has 1 heteroatoms. The maximum atomic E-state index is 11.6. The van der Waals surface area contributed by atoms with E-state index in [1.165, 1.54) is 32.1 Å². The Morgan fingerprint density at radius 3 is 2.00 bits per heavy atom. The van der Waals surface area contributed by atoms with Crippen molar-refractivity contribution < 1.29 is 4.79 Å². The van der Waals surface area contributed by atoms with Crippen molar-refractivity contribution >= 4 is 5.78 Å². The van der Waals surface area contributed by atoms with Gasteiger partial charge in [0.05, 0.1) is 0 Å². The van der Waals surface area contributed by atoms with Crippen LogP contribution in [-0.4, -0.2) is 5.78 Å². The highest BCUT2D eigenvalue weighted by Crippen LogP contribution is 2.56. The number of carbonyl (C=O) groups excluding carboxylic acids is 1. The number of ketones is 1. The summed E-state index contributed by atoms with van der Waals surface area (Å²) >= 11 is 0. The molecule has 3 saturated carbocycles. The van der Waals surface area contributed by atoms with E-state index in [0.29, 0.717) is 17.6 Å². The molecule has 0 aliphatic heterocycles. The minimum absolute atomic E-state index is 0.521. The molecule has 3 aliphatic rings. The molecule has 2 bridgehead atoms. The largest absolute Gasteiger partial charge is 0.299 e. The summed E-state index contributed by atoms with van der Waals surface area (Å²) in [5.74, 6) is 3.35. The Bertz CT molecular complexity index is 189. The molecule has 0 unspecified atom stereocenters. The molecule has 3 fully saturated rings. The Kier molecular flexibility index (Phi) is 1.06. The van der Waals surface area contributed by atoms with Gasteiger partial charge in [0.2, 0.25) is 0 Å². The lowest BCUT2D eigenvalue weighted by atomic mass is 9.82. The van der Waals surface area contributed by atoms with Crippen LogP contribution in [0.2, 0.25) is 0 Å². The second-order valence-corrected chi connectivity index (χ2v) is 4.45. The second-order valence-electron chi connectivity index (χ2n) is 4.45. The Morgan fingerprint density at radius 1 is 0.909 bits per heavy atom. The van der Waals surface area contributed by atoms with Crippen LogP contribution in [0.1, 0.15) is 32.1 Å². The third-order valence-corrected chi connectivity index (χ3v) is 4.18. The van der Waals surface area contributed by atoms with Crippen LogP contribution in [0.4, 0.5) is 0 Å². The zero-order valence-electron chi connectivity index (χ0n) is 6.75. The van der Waals surface area contributed by atoms with Crippen LogP contribution in [0.25, 0.3) is 0 Å².